The average molecular weight is 190 g/mol. The molecule has 2 unspecified atom stereocenters. The maximum Gasteiger partial charge on any atom is 0.0681 e. The molecule has 0 heterocycles. The van der Waals surface area contributed by atoms with Crippen molar-refractivity contribution in [2.75, 3.05) is 0 Å². The second-order valence-electron chi connectivity index (χ2n) is 4.29. The molecule has 0 aliphatic heterocycles. The van der Waals surface area contributed by atoms with Gasteiger partial charge in [-0.1, -0.05) is 44.0 Å². The predicted molar refractivity (Wildman–Crippen MR) is 58.1 cm³/mol. The van der Waals surface area contributed by atoms with Crippen molar-refractivity contribution in [1.82, 2.24) is 0 Å². The molecule has 1 saturated carbocycles. The molecular formula is C13H18O. The van der Waals surface area contributed by atoms with Gasteiger partial charge in [-0.05, 0) is 29.4 Å². The monoisotopic (exact) mass is 190 g/mol. The summed E-state index contributed by atoms with van der Waals surface area (Å²) in [6.07, 6.45) is 4.04. The van der Waals surface area contributed by atoms with Gasteiger partial charge in [-0.3, -0.25) is 0 Å². The summed E-state index contributed by atoms with van der Waals surface area (Å²) >= 11 is 0. The quantitative estimate of drug-likeness (QED) is 0.773. The topological polar surface area (TPSA) is 20.2 Å². The first-order chi connectivity index (χ1) is 6.85. The van der Waals surface area contributed by atoms with Crippen LogP contribution in [0.25, 0.3) is 0 Å². The normalized spacial score (nSPS) is 25.0. The van der Waals surface area contributed by atoms with Crippen LogP contribution in [0.5, 0.6) is 0 Å². The van der Waals surface area contributed by atoms with Crippen LogP contribution < -0.4 is 0 Å². The van der Waals surface area contributed by atoms with Gasteiger partial charge in [0.05, 0.1) is 6.61 Å². The molecule has 0 amide bonds. The number of hydrogen-bond donors (Lipinski definition) is 1. The Bertz CT molecular complexity index is 289. The third-order valence-corrected chi connectivity index (χ3v) is 3.17. The van der Waals surface area contributed by atoms with Crippen LogP contribution in [0.3, 0.4) is 0 Å². The van der Waals surface area contributed by atoms with E-state index in [1.54, 1.807) is 0 Å². The van der Waals surface area contributed by atoms with E-state index in [0.717, 1.165) is 17.4 Å². The highest BCUT2D eigenvalue weighted by atomic mass is 16.3. The van der Waals surface area contributed by atoms with Crippen molar-refractivity contribution in [3.8, 4) is 0 Å². The molecule has 1 aliphatic carbocycles. The van der Waals surface area contributed by atoms with Crippen molar-refractivity contribution in [1.29, 1.82) is 0 Å². The number of benzene rings is 1. The first kappa shape index (κ1) is 9.72. The number of hydrogen-bond acceptors (Lipinski definition) is 1. The number of rotatable bonds is 4. The summed E-state index contributed by atoms with van der Waals surface area (Å²) in [6, 6.07) is 8.42. The summed E-state index contributed by atoms with van der Waals surface area (Å²) in [7, 11) is 0. The van der Waals surface area contributed by atoms with Gasteiger partial charge in [0.15, 0.2) is 0 Å². The van der Waals surface area contributed by atoms with Gasteiger partial charge in [-0.25, -0.2) is 0 Å². The van der Waals surface area contributed by atoms with Crippen molar-refractivity contribution in [2.45, 2.75) is 38.7 Å². The van der Waals surface area contributed by atoms with Gasteiger partial charge < -0.3 is 5.11 Å². The summed E-state index contributed by atoms with van der Waals surface area (Å²) < 4.78 is 0. The van der Waals surface area contributed by atoms with Gasteiger partial charge in [0.25, 0.3) is 0 Å². The van der Waals surface area contributed by atoms with Crippen molar-refractivity contribution in [3.63, 3.8) is 0 Å². The largest absolute Gasteiger partial charge is 0.392 e. The molecule has 76 valence electrons. The van der Waals surface area contributed by atoms with Crippen LogP contribution >= 0.6 is 0 Å². The van der Waals surface area contributed by atoms with Crippen LogP contribution in [0.2, 0.25) is 0 Å². The molecule has 0 bridgehead atoms. The first-order valence-electron chi connectivity index (χ1n) is 5.55. The zero-order valence-corrected chi connectivity index (χ0v) is 8.74. The van der Waals surface area contributed by atoms with Crippen molar-refractivity contribution >= 4 is 0 Å². The fraction of sp³-hybridized carbons (Fsp3) is 0.538. The fourth-order valence-corrected chi connectivity index (χ4v) is 2.22. The number of aliphatic hydroxyl groups excluding tert-OH is 1. The van der Waals surface area contributed by atoms with E-state index in [4.69, 9.17) is 5.11 Å². The molecule has 0 radical (unpaired) electrons. The molecule has 14 heavy (non-hydrogen) atoms. The second kappa shape index (κ2) is 4.14. The van der Waals surface area contributed by atoms with Gasteiger partial charge in [-0.2, -0.15) is 0 Å². The molecular weight excluding hydrogens is 172 g/mol. The Labute approximate surface area is 85.8 Å². The Hall–Kier alpha value is -0.820. The molecule has 0 aromatic heterocycles. The SMILES string of the molecule is CCCC1CC1c1ccc(CO)cc1. The van der Waals surface area contributed by atoms with Crippen molar-refractivity contribution in [3.05, 3.63) is 35.4 Å². The van der Waals surface area contributed by atoms with E-state index in [-0.39, 0.29) is 6.61 Å². The Kier molecular flexibility index (Phi) is 2.87. The molecule has 2 rings (SSSR count). The minimum absolute atomic E-state index is 0.156. The maximum absolute atomic E-state index is 8.92. The summed E-state index contributed by atoms with van der Waals surface area (Å²) in [4.78, 5) is 0. The van der Waals surface area contributed by atoms with Crippen LogP contribution in [0.4, 0.5) is 0 Å². The summed E-state index contributed by atoms with van der Waals surface area (Å²) in [5, 5.41) is 8.92. The summed E-state index contributed by atoms with van der Waals surface area (Å²) in [5.74, 6) is 1.74. The first-order valence-corrected chi connectivity index (χ1v) is 5.55. The van der Waals surface area contributed by atoms with E-state index in [0.29, 0.717) is 0 Å². The standard InChI is InChI=1S/C13H18O/c1-2-3-12-8-13(12)11-6-4-10(9-14)5-7-11/h4-7,12-14H,2-3,8-9H2,1H3. The van der Waals surface area contributed by atoms with Crippen LogP contribution in [0.1, 0.15) is 43.2 Å². The highest BCUT2D eigenvalue weighted by Gasteiger charge is 2.36. The molecule has 1 heteroatoms. The van der Waals surface area contributed by atoms with Crippen LogP contribution in [-0.2, 0) is 6.61 Å². The Balaban J connectivity index is 1.98. The summed E-state index contributed by atoms with van der Waals surface area (Å²) in [6.45, 7) is 2.41. The third-order valence-electron chi connectivity index (χ3n) is 3.17. The minimum atomic E-state index is 0.156. The zero-order valence-electron chi connectivity index (χ0n) is 8.74. The minimum Gasteiger partial charge on any atom is -0.392 e. The third kappa shape index (κ3) is 1.98. The molecule has 1 aromatic rings. The fourth-order valence-electron chi connectivity index (χ4n) is 2.22. The molecule has 0 spiro atoms. The lowest BCUT2D eigenvalue weighted by molar-refractivity contribution is 0.282. The molecule has 2 atom stereocenters. The molecule has 1 nitrogen and oxygen atoms in total. The van der Waals surface area contributed by atoms with E-state index in [2.05, 4.69) is 19.1 Å². The Morgan fingerprint density at radius 3 is 2.57 bits per heavy atom. The van der Waals surface area contributed by atoms with E-state index in [9.17, 15) is 0 Å². The number of aliphatic hydroxyl groups is 1. The van der Waals surface area contributed by atoms with E-state index in [1.165, 1.54) is 24.8 Å². The van der Waals surface area contributed by atoms with Gasteiger partial charge in [0, 0.05) is 0 Å². The van der Waals surface area contributed by atoms with Gasteiger partial charge in [0.1, 0.15) is 0 Å². The van der Waals surface area contributed by atoms with E-state index >= 15 is 0 Å². The maximum atomic E-state index is 8.92. The second-order valence-corrected chi connectivity index (χ2v) is 4.29. The van der Waals surface area contributed by atoms with Crippen LogP contribution in [0, 0.1) is 5.92 Å². The Morgan fingerprint density at radius 1 is 1.29 bits per heavy atom. The van der Waals surface area contributed by atoms with Crippen molar-refractivity contribution in [2.24, 2.45) is 5.92 Å². The van der Waals surface area contributed by atoms with E-state index in [1.807, 2.05) is 12.1 Å². The zero-order chi connectivity index (χ0) is 9.97. The molecule has 1 fully saturated rings. The molecule has 1 aliphatic rings. The molecule has 1 N–H and O–H groups in total. The van der Waals surface area contributed by atoms with Crippen molar-refractivity contribution < 1.29 is 5.11 Å². The molecule has 0 saturated heterocycles. The predicted octanol–water partition coefficient (Wildman–Crippen LogP) is 3.08. The lowest BCUT2D eigenvalue weighted by Crippen LogP contribution is -1.86. The highest BCUT2D eigenvalue weighted by Crippen LogP contribution is 2.49. The highest BCUT2D eigenvalue weighted by molar-refractivity contribution is 5.29. The average Bonchev–Trinajstić information content (AvgIpc) is 2.98. The van der Waals surface area contributed by atoms with Gasteiger partial charge in [0.2, 0.25) is 0 Å². The van der Waals surface area contributed by atoms with Crippen LogP contribution in [-0.4, -0.2) is 5.11 Å². The van der Waals surface area contributed by atoms with Gasteiger partial charge >= 0.3 is 0 Å². The van der Waals surface area contributed by atoms with E-state index < -0.39 is 0 Å². The van der Waals surface area contributed by atoms with Crippen LogP contribution in [0.15, 0.2) is 24.3 Å². The Morgan fingerprint density at radius 2 is 2.00 bits per heavy atom. The lowest BCUT2D eigenvalue weighted by atomic mass is 10.1. The van der Waals surface area contributed by atoms with Gasteiger partial charge in [-0.15, -0.1) is 0 Å². The lowest BCUT2D eigenvalue weighted by Gasteiger charge is -2.01. The summed E-state index contributed by atoms with van der Waals surface area (Å²) in [5.41, 5.74) is 2.47. The smallest absolute Gasteiger partial charge is 0.0681 e. The molecule has 1 aromatic carbocycles.